The van der Waals surface area contributed by atoms with Crippen molar-refractivity contribution >= 4 is 27.3 Å². The molecular formula is C13H12BrFN2S. The van der Waals surface area contributed by atoms with Gasteiger partial charge in [-0.3, -0.25) is 0 Å². The number of nitrogens with two attached hydrogens (primary N) is 1. The standard InChI is InChI=1S/C13H12BrFN2S/c14-8-6-7(4-5-9(8)15)12(16)13-17-10-2-1-3-11(10)18-13/h4-6,12H,1-3,16H2. The van der Waals surface area contributed by atoms with Crippen LogP contribution in [0.3, 0.4) is 0 Å². The predicted octanol–water partition coefficient (Wildman–Crippen LogP) is 3.58. The maximum absolute atomic E-state index is 13.2. The first-order valence-electron chi connectivity index (χ1n) is 5.84. The maximum Gasteiger partial charge on any atom is 0.137 e. The van der Waals surface area contributed by atoms with Gasteiger partial charge in [0.1, 0.15) is 10.8 Å². The molecule has 0 aliphatic heterocycles. The van der Waals surface area contributed by atoms with E-state index in [1.165, 1.54) is 23.1 Å². The zero-order valence-corrected chi connectivity index (χ0v) is 12.0. The minimum Gasteiger partial charge on any atom is -0.318 e. The Balaban J connectivity index is 1.93. The summed E-state index contributed by atoms with van der Waals surface area (Å²) in [5, 5.41) is 0.929. The Morgan fingerprint density at radius 1 is 1.39 bits per heavy atom. The first-order valence-corrected chi connectivity index (χ1v) is 7.45. The molecule has 2 N–H and O–H groups in total. The molecule has 0 bridgehead atoms. The summed E-state index contributed by atoms with van der Waals surface area (Å²) in [4.78, 5) is 5.97. The Morgan fingerprint density at radius 3 is 2.94 bits per heavy atom. The first kappa shape index (κ1) is 12.3. The summed E-state index contributed by atoms with van der Waals surface area (Å²) in [5.74, 6) is -0.271. The van der Waals surface area contributed by atoms with Crippen molar-refractivity contribution < 1.29 is 4.39 Å². The topological polar surface area (TPSA) is 38.9 Å². The predicted molar refractivity (Wildman–Crippen MR) is 74.3 cm³/mol. The number of rotatable bonds is 2. The van der Waals surface area contributed by atoms with Gasteiger partial charge in [0.15, 0.2) is 0 Å². The van der Waals surface area contributed by atoms with Crippen LogP contribution in [-0.2, 0) is 12.8 Å². The molecule has 0 amide bonds. The Bertz CT molecular complexity index is 575. The number of halogens is 2. The van der Waals surface area contributed by atoms with Crippen molar-refractivity contribution in [2.45, 2.75) is 25.3 Å². The van der Waals surface area contributed by atoms with Gasteiger partial charge in [-0.15, -0.1) is 11.3 Å². The number of hydrogen-bond acceptors (Lipinski definition) is 3. The minimum atomic E-state index is -0.271. The summed E-state index contributed by atoms with van der Waals surface area (Å²) in [6, 6.07) is 4.61. The zero-order valence-electron chi connectivity index (χ0n) is 9.62. The molecule has 3 rings (SSSR count). The van der Waals surface area contributed by atoms with Gasteiger partial charge in [0.05, 0.1) is 16.2 Å². The van der Waals surface area contributed by atoms with E-state index in [9.17, 15) is 4.39 Å². The van der Waals surface area contributed by atoms with Gasteiger partial charge >= 0.3 is 0 Å². The van der Waals surface area contributed by atoms with Crippen LogP contribution in [0.4, 0.5) is 4.39 Å². The van der Waals surface area contributed by atoms with Crippen molar-refractivity contribution in [1.29, 1.82) is 0 Å². The summed E-state index contributed by atoms with van der Waals surface area (Å²) >= 11 is 4.87. The molecule has 2 aromatic rings. The quantitative estimate of drug-likeness (QED) is 0.916. The van der Waals surface area contributed by atoms with Crippen LogP contribution in [0.2, 0.25) is 0 Å². The lowest BCUT2D eigenvalue weighted by molar-refractivity contribution is 0.619. The number of aromatic nitrogens is 1. The summed E-state index contributed by atoms with van der Waals surface area (Å²) in [5.41, 5.74) is 8.29. The molecular weight excluding hydrogens is 315 g/mol. The number of aryl methyl sites for hydroxylation is 2. The molecule has 1 aromatic carbocycles. The van der Waals surface area contributed by atoms with Crippen LogP contribution in [0, 0.1) is 5.82 Å². The van der Waals surface area contributed by atoms with E-state index in [0.717, 1.165) is 23.4 Å². The lowest BCUT2D eigenvalue weighted by atomic mass is 10.1. The molecule has 18 heavy (non-hydrogen) atoms. The highest BCUT2D eigenvalue weighted by atomic mass is 79.9. The fourth-order valence-corrected chi connectivity index (χ4v) is 3.77. The molecule has 2 nitrogen and oxygen atoms in total. The van der Waals surface area contributed by atoms with Gasteiger partial charge in [-0.1, -0.05) is 6.07 Å². The minimum absolute atomic E-state index is 0.266. The van der Waals surface area contributed by atoms with Crippen molar-refractivity contribution in [3.63, 3.8) is 0 Å². The number of benzene rings is 1. The summed E-state index contributed by atoms with van der Waals surface area (Å²) < 4.78 is 13.6. The van der Waals surface area contributed by atoms with Gasteiger partial charge in [0.25, 0.3) is 0 Å². The third kappa shape index (κ3) is 2.11. The van der Waals surface area contributed by atoms with E-state index in [0.29, 0.717) is 4.47 Å². The lowest BCUT2D eigenvalue weighted by Crippen LogP contribution is -2.11. The monoisotopic (exact) mass is 326 g/mol. The van der Waals surface area contributed by atoms with E-state index < -0.39 is 0 Å². The van der Waals surface area contributed by atoms with Gasteiger partial charge in [-0.05, 0) is 52.9 Å². The highest BCUT2D eigenvalue weighted by Gasteiger charge is 2.21. The van der Waals surface area contributed by atoms with Crippen LogP contribution < -0.4 is 5.73 Å². The van der Waals surface area contributed by atoms with Crippen molar-refractivity contribution in [2.24, 2.45) is 5.73 Å². The number of nitrogens with zero attached hydrogens (tertiary/aromatic N) is 1. The molecule has 0 radical (unpaired) electrons. The highest BCUT2D eigenvalue weighted by Crippen LogP contribution is 2.33. The molecule has 1 unspecified atom stereocenters. The van der Waals surface area contributed by atoms with Crippen LogP contribution in [-0.4, -0.2) is 4.98 Å². The lowest BCUT2D eigenvalue weighted by Gasteiger charge is -2.09. The molecule has 1 atom stereocenters. The average Bonchev–Trinajstić information content (AvgIpc) is 2.92. The van der Waals surface area contributed by atoms with Crippen molar-refractivity contribution in [1.82, 2.24) is 4.98 Å². The Morgan fingerprint density at radius 2 is 2.22 bits per heavy atom. The Hall–Kier alpha value is -0.780. The molecule has 0 saturated carbocycles. The van der Waals surface area contributed by atoms with Crippen LogP contribution in [0.25, 0.3) is 0 Å². The van der Waals surface area contributed by atoms with E-state index in [4.69, 9.17) is 5.73 Å². The summed E-state index contributed by atoms with van der Waals surface area (Å²) in [6.07, 6.45) is 3.38. The van der Waals surface area contributed by atoms with E-state index >= 15 is 0 Å². The Kier molecular flexibility index (Phi) is 3.21. The van der Waals surface area contributed by atoms with Crippen molar-refractivity contribution in [2.75, 3.05) is 0 Å². The van der Waals surface area contributed by atoms with Crippen LogP contribution in [0.5, 0.6) is 0 Å². The molecule has 0 fully saturated rings. The SMILES string of the molecule is NC(c1ccc(F)c(Br)c1)c1nc2c(s1)CCC2. The molecule has 0 saturated heterocycles. The van der Waals surface area contributed by atoms with Crippen molar-refractivity contribution in [3.05, 3.63) is 49.6 Å². The third-order valence-electron chi connectivity index (χ3n) is 3.18. The second-order valence-corrected chi connectivity index (χ2v) is 6.40. The number of thiazole rings is 1. The molecule has 1 aliphatic carbocycles. The first-order chi connectivity index (χ1) is 8.65. The van der Waals surface area contributed by atoms with E-state index in [1.807, 2.05) is 0 Å². The van der Waals surface area contributed by atoms with Gasteiger partial charge in [0.2, 0.25) is 0 Å². The van der Waals surface area contributed by atoms with Crippen molar-refractivity contribution in [3.8, 4) is 0 Å². The summed E-state index contributed by atoms with van der Waals surface area (Å²) in [7, 11) is 0. The molecule has 1 aliphatic rings. The van der Waals surface area contributed by atoms with Gasteiger partial charge in [-0.25, -0.2) is 9.37 Å². The maximum atomic E-state index is 13.2. The number of hydrogen-bond donors (Lipinski definition) is 1. The van der Waals surface area contributed by atoms with E-state index in [2.05, 4.69) is 20.9 Å². The zero-order chi connectivity index (χ0) is 12.7. The average molecular weight is 327 g/mol. The van der Waals surface area contributed by atoms with Crippen LogP contribution >= 0.6 is 27.3 Å². The van der Waals surface area contributed by atoms with Crippen LogP contribution in [0.15, 0.2) is 22.7 Å². The molecule has 5 heteroatoms. The smallest absolute Gasteiger partial charge is 0.137 e. The van der Waals surface area contributed by atoms with Gasteiger partial charge in [0, 0.05) is 4.88 Å². The van der Waals surface area contributed by atoms with Gasteiger partial charge < -0.3 is 5.73 Å². The van der Waals surface area contributed by atoms with E-state index in [1.54, 1.807) is 23.5 Å². The molecule has 0 spiro atoms. The molecule has 1 heterocycles. The van der Waals surface area contributed by atoms with Gasteiger partial charge in [-0.2, -0.15) is 0 Å². The second kappa shape index (κ2) is 4.72. The summed E-state index contributed by atoms with van der Waals surface area (Å²) in [6.45, 7) is 0. The fraction of sp³-hybridized carbons (Fsp3) is 0.308. The fourth-order valence-electron chi connectivity index (χ4n) is 2.19. The molecule has 94 valence electrons. The number of fused-ring (bicyclic) bond motifs is 1. The largest absolute Gasteiger partial charge is 0.318 e. The van der Waals surface area contributed by atoms with Crippen LogP contribution in [0.1, 0.15) is 33.6 Å². The Labute approximate surface area is 117 Å². The highest BCUT2D eigenvalue weighted by molar-refractivity contribution is 9.10. The van der Waals surface area contributed by atoms with E-state index in [-0.39, 0.29) is 11.9 Å². The molecule has 1 aromatic heterocycles. The third-order valence-corrected chi connectivity index (χ3v) is 5.03. The normalized spacial score (nSPS) is 15.7. The second-order valence-electron chi connectivity index (χ2n) is 4.43.